The van der Waals surface area contributed by atoms with Crippen LogP contribution < -0.4 is 10.7 Å². The quantitative estimate of drug-likeness (QED) is 0.460. The van der Waals surface area contributed by atoms with Gasteiger partial charge in [-0.25, -0.2) is 5.43 Å². The van der Waals surface area contributed by atoms with E-state index >= 15 is 0 Å². The SMILES string of the molecule is O=C(CNc1ccc(Br)cc1)N/N=C/c1ccccc1[N+](=O)[O-]. The minimum absolute atomic E-state index is 0.0376. The van der Waals surface area contributed by atoms with Crippen molar-refractivity contribution in [3.8, 4) is 0 Å². The van der Waals surface area contributed by atoms with E-state index in [-0.39, 0.29) is 18.1 Å². The Bertz CT molecular complexity index is 732. The molecule has 23 heavy (non-hydrogen) atoms. The number of hydrogen-bond acceptors (Lipinski definition) is 5. The minimum Gasteiger partial charge on any atom is -0.376 e. The maximum atomic E-state index is 11.7. The number of rotatable bonds is 6. The first-order valence-corrected chi connectivity index (χ1v) is 7.40. The maximum Gasteiger partial charge on any atom is 0.278 e. The number of para-hydroxylation sites is 1. The van der Waals surface area contributed by atoms with Crippen LogP contribution >= 0.6 is 15.9 Å². The van der Waals surface area contributed by atoms with Crippen LogP contribution in [0.2, 0.25) is 0 Å². The predicted molar refractivity (Wildman–Crippen MR) is 91.5 cm³/mol. The Morgan fingerprint density at radius 2 is 1.91 bits per heavy atom. The molecule has 8 heteroatoms. The van der Waals surface area contributed by atoms with Crippen molar-refractivity contribution < 1.29 is 9.72 Å². The second-order valence-electron chi connectivity index (χ2n) is 4.47. The number of halogens is 1. The molecule has 2 N–H and O–H groups in total. The molecular weight excluding hydrogens is 364 g/mol. The molecule has 0 unspecified atom stereocenters. The Morgan fingerprint density at radius 1 is 1.22 bits per heavy atom. The smallest absolute Gasteiger partial charge is 0.278 e. The second kappa shape index (κ2) is 8.04. The van der Waals surface area contributed by atoms with Gasteiger partial charge in [0, 0.05) is 16.2 Å². The summed E-state index contributed by atoms with van der Waals surface area (Å²) in [5.74, 6) is -0.359. The van der Waals surface area contributed by atoms with Gasteiger partial charge in [0.25, 0.3) is 11.6 Å². The highest BCUT2D eigenvalue weighted by Gasteiger charge is 2.10. The van der Waals surface area contributed by atoms with E-state index in [0.717, 1.165) is 10.2 Å². The Kier molecular flexibility index (Phi) is 5.81. The van der Waals surface area contributed by atoms with E-state index in [2.05, 4.69) is 31.8 Å². The van der Waals surface area contributed by atoms with Gasteiger partial charge in [-0.3, -0.25) is 14.9 Å². The van der Waals surface area contributed by atoms with E-state index in [0.29, 0.717) is 5.56 Å². The van der Waals surface area contributed by atoms with Crippen LogP contribution in [-0.4, -0.2) is 23.6 Å². The van der Waals surface area contributed by atoms with Crippen LogP contribution in [0.5, 0.6) is 0 Å². The number of nitrogens with one attached hydrogen (secondary N) is 2. The largest absolute Gasteiger partial charge is 0.376 e. The van der Waals surface area contributed by atoms with E-state index < -0.39 is 4.92 Å². The first-order valence-electron chi connectivity index (χ1n) is 6.61. The lowest BCUT2D eigenvalue weighted by molar-refractivity contribution is -0.385. The molecule has 0 spiro atoms. The highest BCUT2D eigenvalue weighted by molar-refractivity contribution is 9.10. The van der Waals surface area contributed by atoms with Crippen molar-refractivity contribution in [1.82, 2.24) is 5.43 Å². The van der Waals surface area contributed by atoms with E-state index in [1.807, 2.05) is 24.3 Å². The molecule has 118 valence electrons. The number of nitrogens with zero attached hydrogens (tertiary/aromatic N) is 2. The molecule has 0 aliphatic heterocycles. The number of hydrazone groups is 1. The third kappa shape index (κ3) is 5.19. The topological polar surface area (TPSA) is 96.6 Å². The minimum atomic E-state index is -0.502. The van der Waals surface area contributed by atoms with E-state index in [1.54, 1.807) is 18.2 Å². The number of anilines is 1. The number of nitro groups is 1. The second-order valence-corrected chi connectivity index (χ2v) is 5.39. The van der Waals surface area contributed by atoms with Crippen LogP contribution in [0.4, 0.5) is 11.4 Å². The summed E-state index contributed by atoms with van der Waals surface area (Å²) < 4.78 is 0.946. The van der Waals surface area contributed by atoms with Crippen LogP contribution in [0.3, 0.4) is 0 Å². The summed E-state index contributed by atoms with van der Waals surface area (Å²) in [5.41, 5.74) is 3.36. The van der Waals surface area contributed by atoms with Crippen LogP contribution in [0, 0.1) is 10.1 Å². The molecule has 0 bridgehead atoms. The summed E-state index contributed by atoms with van der Waals surface area (Å²) in [6, 6.07) is 13.5. The van der Waals surface area contributed by atoms with Crippen molar-refractivity contribution in [2.75, 3.05) is 11.9 Å². The van der Waals surface area contributed by atoms with Crippen molar-refractivity contribution in [3.63, 3.8) is 0 Å². The van der Waals surface area contributed by atoms with Crippen molar-refractivity contribution >= 4 is 39.4 Å². The van der Waals surface area contributed by atoms with Gasteiger partial charge in [-0.1, -0.05) is 28.1 Å². The van der Waals surface area contributed by atoms with Crippen molar-refractivity contribution in [2.24, 2.45) is 5.10 Å². The molecule has 7 nitrogen and oxygen atoms in total. The van der Waals surface area contributed by atoms with E-state index in [9.17, 15) is 14.9 Å². The highest BCUT2D eigenvalue weighted by atomic mass is 79.9. The fourth-order valence-corrected chi connectivity index (χ4v) is 1.99. The van der Waals surface area contributed by atoms with Gasteiger partial charge < -0.3 is 5.32 Å². The highest BCUT2D eigenvalue weighted by Crippen LogP contribution is 2.15. The van der Waals surface area contributed by atoms with Gasteiger partial charge in [-0.2, -0.15) is 5.10 Å². The molecule has 0 aliphatic rings. The molecule has 0 atom stereocenters. The summed E-state index contributed by atoms with van der Waals surface area (Å²) in [6.07, 6.45) is 1.25. The van der Waals surface area contributed by atoms with Crippen molar-refractivity contribution in [1.29, 1.82) is 0 Å². The number of nitro benzene ring substituents is 1. The molecule has 2 aromatic rings. The molecule has 0 radical (unpaired) electrons. The molecule has 1 amide bonds. The Balaban J connectivity index is 1.87. The third-order valence-electron chi connectivity index (χ3n) is 2.82. The van der Waals surface area contributed by atoms with E-state index in [1.165, 1.54) is 12.3 Å². The Morgan fingerprint density at radius 3 is 2.61 bits per heavy atom. The molecule has 0 saturated carbocycles. The lowest BCUT2D eigenvalue weighted by Gasteiger charge is -2.05. The van der Waals surface area contributed by atoms with Crippen LogP contribution in [0.15, 0.2) is 58.1 Å². The van der Waals surface area contributed by atoms with Crippen LogP contribution in [0.25, 0.3) is 0 Å². The van der Waals surface area contributed by atoms with E-state index in [4.69, 9.17) is 0 Å². The zero-order valence-corrected chi connectivity index (χ0v) is 13.5. The standard InChI is InChI=1S/C15H13BrN4O3/c16-12-5-7-13(8-6-12)17-10-15(21)19-18-9-11-3-1-2-4-14(11)20(22)23/h1-9,17H,10H2,(H,19,21)/b18-9+. The van der Waals surface area contributed by atoms with Crippen LogP contribution in [0.1, 0.15) is 5.56 Å². The van der Waals surface area contributed by atoms with Crippen LogP contribution in [-0.2, 0) is 4.79 Å². The van der Waals surface area contributed by atoms with Crippen molar-refractivity contribution in [3.05, 3.63) is 68.7 Å². The lowest BCUT2D eigenvalue weighted by atomic mass is 10.2. The number of amides is 1. The van der Waals surface area contributed by atoms with Gasteiger partial charge in [0.15, 0.2) is 0 Å². The molecule has 2 rings (SSSR count). The monoisotopic (exact) mass is 376 g/mol. The predicted octanol–water partition coefficient (Wildman–Crippen LogP) is 2.92. The fourth-order valence-electron chi connectivity index (χ4n) is 1.73. The number of benzene rings is 2. The van der Waals surface area contributed by atoms with Gasteiger partial charge in [0.2, 0.25) is 0 Å². The maximum absolute atomic E-state index is 11.7. The number of carbonyl (C=O) groups excluding carboxylic acids is 1. The molecule has 0 heterocycles. The first-order chi connectivity index (χ1) is 11.1. The zero-order chi connectivity index (χ0) is 16.7. The molecule has 0 fully saturated rings. The molecule has 0 saturated heterocycles. The van der Waals surface area contributed by atoms with Gasteiger partial charge in [-0.15, -0.1) is 0 Å². The van der Waals surface area contributed by atoms with Gasteiger partial charge >= 0.3 is 0 Å². The van der Waals surface area contributed by atoms with Gasteiger partial charge in [0.05, 0.1) is 23.2 Å². The zero-order valence-electron chi connectivity index (χ0n) is 11.9. The number of carbonyl (C=O) groups is 1. The molecular formula is C15H13BrN4O3. The summed E-state index contributed by atoms with van der Waals surface area (Å²) >= 11 is 3.32. The van der Waals surface area contributed by atoms with Gasteiger partial charge in [0.1, 0.15) is 0 Å². The van der Waals surface area contributed by atoms with Gasteiger partial charge in [-0.05, 0) is 30.3 Å². The first kappa shape index (κ1) is 16.6. The fraction of sp³-hybridized carbons (Fsp3) is 0.0667. The molecule has 0 aromatic heterocycles. The summed E-state index contributed by atoms with van der Waals surface area (Å²) in [7, 11) is 0. The summed E-state index contributed by atoms with van der Waals surface area (Å²) in [6.45, 7) is 0.0376. The molecule has 0 aliphatic carbocycles. The lowest BCUT2D eigenvalue weighted by Crippen LogP contribution is -2.25. The normalized spacial score (nSPS) is 10.5. The third-order valence-corrected chi connectivity index (χ3v) is 3.35. The Hall–Kier alpha value is -2.74. The summed E-state index contributed by atoms with van der Waals surface area (Å²) in [4.78, 5) is 22.0. The summed E-state index contributed by atoms with van der Waals surface area (Å²) in [5, 5.41) is 17.5. The number of hydrogen-bond donors (Lipinski definition) is 2. The van der Waals surface area contributed by atoms with Crippen molar-refractivity contribution in [2.45, 2.75) is 0 Å². The molecule has 2 aromatic carbocycles. The Labute approximate surface area is 140 Å². The average molecular weight is 377 g/mol. The average Bonchev–Trinajstić information content (AvgIpc) is 2.54.